The lowest BCUT2D eigenvalue weighted by Gasteiger charge is -2.39. The summed E-state index contributed by atoms with van der Waals surface area (Å²) in [4.78, 5) is 19.8. The number of carbonyl (C=O) groups excluding carboxylic acids is 1. The molecule has 3 aromatic carbocycles. The molecule has 0 saturated heterocycles. The van der Waals surface area contributed by atoms with E-state index in [1.807, 2.05) is 0 Å². The molecule has 0 fully saturated rings. The first-order chi connectivity index (χ1) is 20.3. The molecule has 42 heavy (non-hydrogen) atoms. The second-order valence-corrected chi connectivity index (χ2v) is 10.3. The van der Waals surface area contributed by atoms with Crippen molar-refractivity contribution >= 4 is 34.0 Å². The number of anilines is 1. The highest BCUT2D eigenvalue weighted by Crippen LogP contribution is 2.49. The highest BCUT2D eigenvalue weighted by atomic mass is 35.5. The molecule has 7 nitrogen and oxygen atoms in total. The monoisotopic (exact) mass is 579 g/mol. The van der Waals surface area contributed by atoms with Gasteiger partial charge in [0.2, 0.25) is 5.88 Å². The quantitative estimate of drug-likeness (QED) is 0.273. The molecule has 206 valence electrons. The Kier molecular flexibility index (Phi) is 6.82. The van der Waals surface area contributed by atoms with E-state index >= 15 is 0 Å². The number of fused-ring (bicyclic) bond motifs is 1. The van der Waals surface area contributed by atoms with Crippen LogP contribution in [0.25, 0.3) is 10.9 Å². The van der Waals surface area contributed by atoms with E-state index in [9.17, 15) is 24.1 Å². The maximum absolute atomic E-state index is 14.3. The van der Waals surface area contributed by atoms with Gasteiger partial charge in [-0.3, -0.25) is 9.69 Å². The predicted octanol–water partition coefficient (Wildman–Crippen LogP) is 7.14. The normalized spacial score (nSPS) is 16.7. The Labute approximate surface area is 244 Å². The standard InChI is InChI=1S/C32H20ClF2N5O2/c33-19-6-11-26-18(12-19)13-22(32(39-26)42-21-8-4-17(15-36)5-9-21)29-23(16-37)31(38)40(20-7-10-24(34)25(35)14-20)27-2-1-3-28(41)30(27)29/h4-14,29H,1-3,38H2. The Bertz CT molecular complexity index is 1940. The summed E-state index contributed by atoms with van der Waals surface area (Å²) in [6.45, 7) is 0. The number of carbonyl (C=O) groups is 1. The molecule has 0 amide bonds. The molecule has 1 aliphatic carbocycles. The van der Waals surface area contributed by atoms with Crippen LogP contribution < -0.4 is 15.4 Å². The summed E-state index contributed by atoms with van der Waals surface area (Å²) in [5.74, 6) is -2.78. The third kappa shape index (κ3) is 4.60. The number of nitrogens with zero attached hydrogens (tertiary/aromatic N) is 4. The first-order valence-electron chi connectivity index (χ1n) is 13.0. The Morgan fingerprint density at radius 1 is 0.976 bits per heavy atom. The van der Waals surface area contributed by atoms with Gasteiger partial charge in [-0.15, -0.1) is 0 Å². The second kappa shape index (κ2) is 10.6. The molecule has 2 aliphatic rings. The maximum Gasteiger partial charge on any atom is 0.224 e. The van der Waals surface area contributed by atoms with Crippen LogP contribution in [-0.2, 0) is 4.79 Å². The third-order valence-electron chi connectivity index (χ3n) is 7.35. The van der Waals surface area contributed by atoms with Gasteiger partial charge >= 0.3 is 0 Å². The molecule has 1 aliphatic heterocycles. The molecule has 0 radical (unpaired) electrons. The van der Waals surface area contributed by atoms with Gasteiger partial charge in [0.1, 0.15) is 11.6 Å². The minimum absolute atomic E-state index is 0.0162. The molecule has 1 unspecified atom stereocenters. The zero-order valence-electron chi connectivity index (χ0n) is 21.9. The van der Waals surface area contributed by atoms with Gasteiger partial charge < -0.3 is 10.5 Å². The SMILES string of the molecule is N#CC1=C(N)N(c2ccc(F)c(F)c2)C2=C(C(=O)CCC2)C1c1cc2cc(Cl)ccc2nc1Oc1ccc(C#N)cc1. The average molecular weight is 580 g/mol. The second-order valence-electron chi connectivity index (χ2n) is 9.87. The molecule has 4 aromatic rings. The van der Waals surface area contributed by atoms with Crippen LogP contribution in [0.3, 0.4) is 0 Å². The largest absolute Gasteiger partial charge is 0.439 e. The molecule has 2 N–H and O–H groups in total. The van der Waals surface area contributed by atoms with Crippen molar-refractivity contribution in [1.29, 1.82) is 10.5 Å². The van der Waals surface area contributed by atoms with Crippen LogP contribution >= 0.6 is 11.6 Å². The van der Waals surface area contributed by atoms with E-state index in [2.05, 4.69) is 12.1 Å². The fourth-order valence-electron chi connectivity index (χ4n) is 5.46. The van der Waals surface area contributed by atoms with Crippen LogP contribution in [0, 0.1) is 34.3 Å². The fraction of sp³-hybridized carbons (Fsp3) is 0.125. The topological polar surface area (TPSA) is 116 Å². The number of allylic oxidation sites excluding steroid dienone is 3. The summed E-state index contributed by atoms with van der Waals surface area (Å²) in [6, 6.07) is 20.9. The number of pyridine rings is 1. The van der Waals surface area contributed by atoms with Crippen LogP contribution in [0.5, 0.6) is 11.6 Å². The number of ether oxygens (including phenoxy) is 1. The molecule has 0 saturated carbocycles. The molecular formula is C32H20ClF2N5O2. The van der Waals surface area contributed by atoms with E-state index in [4.69, 9.17) is 27.1 Å². The number of hydrogen-bond donors (Lipinski definition) is 1. The van der Waals surface area contributed by atoms with Crippen molar-refractivity contribution in [3.63, 3.8) is 0 Å². The Hall–Kier alpha value is -5.25. The van der Waals surface area contributed by atoms with E-state index in [0.29, 0.717) is 56.9 Å². The first kappa shape index (κ1) is 26.9. The van der Waals surface area contributed by atoms with Crippen molar-refractivity contribution in [2.24, 2.45) is 5.73 Å². The summed E-state index contributed by atoms with van der Waals surface area (Å²) < 4.78 is 34.3. The Morgan fingerprint density at radius 3 is 2.48 bits per heavy atom. The Balaban J connectivity index is 1.60. The van der Waals surface area contributed by atoms with E-state index in [-0.39, 0.29) is 35.2 Å². The van der Waals surface area contributed by atoms with Crippen molar-refractivity contribution in [3.8, 4) is 23.8 Å². The molecule has 1 aromatic heterocycles. The molecule has 10 heteroatoms. The van der Waals surface area contributed by atoms with E-state index in [0.717, 1.165) is 12.1 Å². The average Bonchev–Trinajstić information content (AvgIpc) is 2.98. The summed E-state index contributed by atoms with van der Waals surface area (Å²) in [5.41, 5.74) is 9.05. The highest BCUT2D eigenvalue weighted by Gasteiger charge is 2.42. The van der Waals surface area contributed by atoms with Gasteiger partial charge in [0.25, 0.3) is 0 Å². The lowest BCUT2D eigenvalue weighted by Crippen LogP contribution is -2.39. The highest BCUT2D eigenvalue weighted by molar-refractivity contribution is 6.31. The molecule has 6 rings (SSSR count). The lowest BCUT2D eigenvalue weighted by atomic mass is 9.75. The summed E-state index contributed by atoms with van der Waals surface area (Å²) >= 11 is 6.28. The fourth-order valence-corrected chi connectivity index (χ4v) is 5.64. The smallest absolute Gasteiger partial charge is 0.224 e. The van der Waals surface area contributed by atoms with Gasteiger partial charge in [-0.25, -0.2) is 13.8 Å². The van der Waals surface area contributed by atoms with E-state index < -0.39 is 17.6 Å². The zero-order valence-corrected chi connectivity index (χ0v) is 22.6. The molecule has 0 bridgehead atoms. The number of hydrogen-bond acceptors (Lipinski definition) is 7. The minimum atomic E-state index is -1.08. The number of aromatic nitrogens is 1. The zero-order chi connectivity index (χ0) is 29.5. The maximum atomic E-state index is 14.3. The van der Waals surface area contributed by atoms with Crippen LogP contribution in [-0.4, -0.2) is 10.8 Å². The first-order valence-corrected chi connectivity index (χ1v) is 13.4. The van der Waals surface area contributed by atoms with E-state index in [1.165, 1.54) is 11.0 Å². The van der Waals surface area contributed by atoms with Crippen LogP contribution in [0.2, 0.25) is 5.02 Å². The van der Waals surface area contributed by atoms with Crippen LogP contribution in [0.15, 0.2) is 89.4 Å². The van der Waals surface area contributed by atoms with Gasteiger partial charge in [0, 0.05) is 39.7 Å². The number of benzene rings is 3. The number of nitrogens with two attached hydrogens (primary N) is 1. The molecule has 1 atom stereocenters. The molecular weight excluding hydrogens is 560 g/mol. The number of ketones is 1. The van der Waals surface area contributed by atoms with Gasteiger partial charge in [0.15, 0.2) is 17.4 Å². The van der Waals surface area contributed by atoms with Crippen molar-refractivity contribution < 1.29 is 18.3 Å². The van der Waals surface area contributed by atoms with Crippen LogP contribution in [0.4, 0.5) is 14.5 Å². The predicted molar refractivity (Wildman–Crippen MR) is 152 cm³/mol. The van der Waals surface area contributed by atoms with Crippen LogP contribution in [0.1, 0.15) is 36.3 Å². The third-order valence-corrected chi connectivity index (χ3v) is 7.59. The summed E-state index contributed by atoms with van der Waals surface area (Å²) in [6.07, 6.45) is 1.16. The van der Waals surface area contributed by atoms with E-state index in [1.54, 1.807) is 48.5 Å². The molecule has 0 spiro atoms. The van der Waals surface area contributed by atoms with Gasteiger partial charge in [-0.05, 0) is 73.5 Å². The lowest BCUT2D eigenvalue weighted by molar-refractivity contribution is -0.116. The number of rotatable bonds is 4. The number of nitriles is 2. The van der Waals surface area contributed by atoms with Gasteiger partial charge in [0.05, 0.1) is 40.4 Å². The summed E-state index contributed by atoms with van der Waals surface area (Å²) in [5, 5.41) is 20.7. The van der Waals surface area contributed by atoms with Crippen molar-refractivity contribution in [2.45, 2.75) is 25.2 Å². The van der Waals surface area contributed by atoms with Gasteiger partial charge in [-0.1, -0.05) is 11.6 Å². The van der Waals surface area contributed by atoms with Crippen molar-refractivity contribution in [1.82, 2.24) is 4.98 Å². The number of halogens is 3. The number of Topliss-reactive ketones (excluding diaryl/α,β-unsaturated/α-hetero) is 1. The van der Waals surface area contributed by atoms with Crippen molar-refractivity contribution in [3.05, 3.63) is 117 Å². The molecule has 2 heterocycles. The van der Waals surface area contributed by atoms with Crippen molar-refractivity contribution in [2.75, 3.05) is 4.90 Å². The van der Waals surface area contributed by atoms with Gasteiger partial charge in [-0.2, -0.15) is 10.5 Å². The summed E-state index contributed by atoms with van der Waals surface area (Å²) in [7, 11) is 0. The Morgan fingerprint density at radius 2 is 1.76 bits per heavy atom. The minimum Gasteiger partial charge on any atom is -0.439 e.